The maximum atomic E-state index is 14.3. The molecule has 0 unspecified atom stereocenters. The highest BCUT2D eigenvalue weighted by atomic mass is 19.2. The molecule has 2 aromatic rings. The normalized spacial score (nSPS) is 14.1. The monoisotopic (exact) mass is 324 g/mol. The van der Waals surface area contributed by atoms with Crippen molar-refractivity contribution in [2.24, 2.45) is 0 Å². The highest BCUT2D eigenvalue weighted by Crippen LogP contribution is 2.42. The van der Waals surface area contributed by atoms with E-state index in [9.17, 15) is 23.5 Å². The summed E-state index contributed by atoms with van der Waals surface area (Å²) >= 11 is 0. The lowest BCUT2D eigenvalue weighted by atomic mass is 10.1. The topological polar surface area (TPSA) is 80.6 Å². The fourth-order valence-corrected chi connectivity index (χ4v) is 2.73. The summed E-state index contributed by atoms with van der Waals surface area (Å²) in [6, 6.07) is -0.0698. The number of fused-ring (bicyclic) bond motifs is 1. The van der Waals surface area contributed by atoms with Gasteiger partial charge in [0.2, 0.25) is 11.2 Å². The van der Waals surface area contributed by atoms with E-state index in [1.54, 1.807) is 0 Å². The zero-order valence-electron chi connectivity index (χ0n) is 12.4. The van der Waals surface area contributed by atoms with E-state index in [0.29, 0.717) is 0 Å². The van der Waals surface area contributed by atoms with Gasteiger partial charge in [-0.15, -0.1) is 0 Å². The van der Waals surface area contributed by atoms with E-state index in [2.05, 4.69) is 5.32 Å². The molecule has 2 N–H and O–H groups in total. The number of ether oxygens (including phenoxy) is 1. The fraction of sp³-hybridized carbons (Fsp3) is 0.333. The van der Waals surface area contributed by atoms with Gasteiger partial charge in [0.25, 0.3) is 0 Å². The molecule has 6 nitrogen and oxygen atoms in total. The number of carboxylic acid groups (broad SMARTS) is 1. The average molecular weight is 324 g/mol. The second-order valence-corrected chi connectivity index (χ2v) is 5.33. The van der Waals surface area contributed by atoms with Crippen molar-refractivity contribution in [3.05, 3.63) is 33.6 Å². The molecule has 3 rings (SSSR count). The number of aromatic carboxylic acids is 1. The Morgan fingerprint density at radius 1 is 1.39 bits per heavy atom. The van der Waals surface area contributed by atoms with E-state index >= 15 is 0 Å². The summed E-state index contributed by atoms with van der Waals surface area (Å²) < 4.78 is 34.9. The van der Waals surface area contributed by atoms with Crippen LogP contribution in [0, 0.1) is 11.6 Å². The van der Waals surface area contributed by atoms with Gasteiger partial charge in [-0.3, -0.25) is 4.79 Å². The third kappa shape index (κ3) is 2.13. The maximum absolute atomic E-state index is 14.3. The summed E-state index contributed by atoms with van der Waals surface area (Å²) in [6.07, 6.45) is 2.69. The van der Waals surface area contributed by atoms with Crippen LogP contribution in [0.25, 0.3) is 10.9 Å². The molecule has 1 aliphatic carbocycles. The van der Waals surface area contributed by atoms with Crippen LogP contribution in [0.15, 0.2) is 11.0 Å². The lowest BCUT2D eigenvalue weighted by Crippen LogP contribution is -2.21. The van der Waals surface area contributed by atoms with Crippen LogP contribution in [0.1, 0.15) is 29.2 Å². The number of pyridine rings is 1. The fourth-order valence-electron chi connectivity index (χ4n) is 2.73. The summed E-state index contributed by atoms with van der Waals surface area (Å²) in [6.45, 7) is 0. The number of hydrogen-bond donors (Lipinski definition) is 2. The van der Waals surface area contributed by atoms with E-state index in [4.69, 9.17) is 4.74 Å². The number of aromatic nitrogens is 1. The van der Waals surface area contributed by atoms with Gasteiger partial charge in [0.15, 0.2) is 11.6 Å². The Labute approximate surface area is 129 Å². The summed E-state index contributed by atoms with van der Waals surface area (Å²) in [5.41, 5.74) is -1.69. The minimum atomic E-state index is -1.42. The lowest BCUT2D eigenvalue weighted by molar-refractivity contribution is 0.0695. The molecular weight excluding hydrogens is 310 g/mol. The zero-order valence-corrected chi connectivity index (χ0v) is 12.4. The predicted molar refractivity (Wildman–Crippen MR) is 79.5 cm³/mol. The van der Waals surface area contributed by atoms with E-state index in [1.165, 1.54) is 24.9 Å². The van der Waals surface area contributed by atoms with E-state index in [-0.39, 0.29) is 22.6 Å². The van der Waals surface area contributed by atoms with Gasteiger partial charge in [0, 0.05) is 19.3 Å². The second kappa shape index (κ2) is 5.22. The van der Waals surface area contributed by atoms with E-state index < -0.39 is 34.3 Å². The number of hydrogen-bond acceptors (Lipinski definition) is 4. The minimum Gasteiger partial charge on any atom is -0.491 e. The molecule has 0 bridgehead atoms. The van der Waals surface area contributed by atoms with Gasteiger partial charge in [0.05, 0.1) is 18.2 Å². The molecule has 0 amide bonds. The van der Waals surface area contributed by atoms with Crippen LogP contribution in [0.2, 0.25) is 0 Å². The molecule has 0 radical (unpaired) electrons. The second-order valence-electron chi connectivity index (χ2n) is 5.33. The minimum absolute atomic E-state index is 0.0632. The first-order valence-corrected chi connectivity index (χ1v) is 6.97. The third-order valence-electron chi connectivity index (χ3n) is 3.94. The Hall–Kier alpha value is -2.64. The van der Waals surface area contributed by atoms with Crippen LogP contribution in [-0.2, 0) is 0 Å². The predicted octanol–water partition coefficient (Wildman–Crippen LogP) is 2.36. The van der Waals surface area contributed by atoms with Gasteiger partial charge in [-0.1, -0.05) is 0 Å². The van der Waals surface area contributed by atoms with Gasteiger partial charge in [-0.05, 0) is 12.8 Å². The van der Waals surface area contributed by atoms with Crippen molar-refractivity contribution in [3.63, 3.8) is 0 Å². The molecule has 8 heteroatoms. The SMILES string of the molecule is CNc1c(F)c(F)c(OC)c2c1c(=O)c(C(=O)O)cn2C1CC1. The zero-order chi connectivity index (χ0) is 16.9. The summed E-state index contributed by atoms with van der Waals surface area (Å²) in [4.78, 5) is 23.8. The van der Waals surface area contributed by atoms with E-state index in [0.717, 1.165) is 12.8 Å². The quantitative estimate of drug-likeness (QED) is 0.902. The van der Waals surface area contributed by atoms with Crippen LogP contribution < -0.4 is 15.5 Å². The van der Waals surface area contributed by atoms with Crippen molar-refractivity contribution in [1.29, 1.82) is 0 Å². The molecule has 0 aliphatic heterocycles. The number of halogens is 2. The standard InChI is InChI=1S/C15H14F2N2O4/c1-18-11-8-12(14(23-2)10(17)9(11)16)19(6-3-4-6)5-7(13(8)20)15(21)22/h5-6,18H,3-4H2,1-2H3,(H,21,22). The van der Waals surface area contributed by atoms with Gasteiger partial charge in [-0.25, -0.2) is 9.18 Å². The molecule has 0 spiro atoms. The van der Waals surface area contributed by atoms with Crippen molar-refractivity contribution in [1.82, 2.24) is 4.57 Å². The molecule has 0 atom stereocenters. The van der Waals surface area contributed by atoms with Gasteiger partial charge in [-0.2, -0.15) is 4.39 Å². The van der Waals surface area contributed by atoms with Crippen LogP contribution in [-0.4, -0.2) is 29.8 Å². The smallest absolute Gasteiger partial charge is 0.341 e. The number of benzene rings is 1. The highest BCUT2D eigenvalue weighted by Gasteiger charge is 2.32. The molecule has 122 valence electrons. The highest BCUT2D eigenvalue weighted by molar-refractivity contribution is 6.00. The van der Waals surface area contributed by atoms with Crippen molar-refractivity contribution >= 4 is 22.6 Å². The average Bonchev–Trinajstić information content (AvgIpc) is 3.34. The van der Waals surface area contributed by atoms with Gasteiger partial charge < -0.3 is 19.7 Å². The molecule has 0 saturated heterocycles. The van der Waals surface area contributed by atoms with Gasteiger partial charge in [0.1, 0.15) is 11.1 Å². The number of anilines is 1. The van der Waals surface area contributed by atoms with Crippen molar-refractivity contribution in [2.75, 3.05) is 19.5 Å². The van der Waals surface area contributed by atoms with Crippen LogP contribution in [0.4, 0.5) is 14.5 Å². The summed E-state index contributed by atoms with van der Waals surface area (Å²) in [5.74, 6) is -4.32. The summed E-state index contributed by atoms with van der Waals surface area (Å²) in [7, 11) is 2.50. The first-order valence-electron chi connectivity index (χ1n) is 6.97. The summed E-state index contributed by atoms with van der Waals surface area (Å²) in [5, 5.41) is 11.5. The molecule has 1 aliphatic rings. The molecular formula is C15H14F2N2O4. The first-order chi connectivity index (χ1) is 10.9. The van der Waals surface area contributed by atoms with Crippen LogP contribution >= 0.6 is 0 Å². The molecule has 1 heterocycles. The van der Waals surface area contributed by atoms with Crippen molar-refractivity contribution in [3.8, 4) is 5.75 Å². The number of carbonyl (C=O) groups is 1. The number of nitrogens with one attached hydrogen (secondary N) is 1. The van der Waals surface area contributed by atoms with Crippen LogP contribution in [0.5, 0.6) is 5.75 Å². The van der Waals surface area contributed by atoms with Crippen molar-refractivity contribution in [2.45, 2.75) is 18.9 Å². The molecule has 1 aromatic carbocycles. The number of carboxylic acids is 1. The molecule has 23 heavy (non-hydrogen) atoms. The lowest BCUT2D eigenvalue weighted by Gasteiger charge is -2.18. The Morgan fingerprint density at radius 2 is 2.04 bits per heavy atom. The molecule has 1 saturated carbocycles. The molecule has 1 aromatic heterocycles. The molecule has 1 fully saturated rings. The Balaban J connectivity index is 2.61. The first kappa shape index (κ1) is 15.3. The van der Waals surface area contributed by atoms with E-state index in [1.807, 2.05) is 0 Å². The third-order valence-corrected chi connectivity index (χ3v) is 3.94. The maximum Gasteiger partial charge on any atom is 0.341 e. The van der Waals surface area contributed by atoms with Crippen molar-refractivity contribution < 1.29 is 23.4 Å². The Bertz CT molecular complexity index is 888. The Kier molecular flexibility index (Phi) is 3.46. The van der Waals surface area contributed by atoms with Gasteiger partial charge >= 0.3 is 5.97 Å². The van der Waals surface area contributed by atoms with Crippen LogP contribution in [0.3, 0.4) is 0 Å². The Morgan fingerprint density at radius 3 is 2.52 bits per heavy atom. The number of methoxy groups -OCH3 is 1. The number of rotatable bonds is 4. The largest absolute Gasteiger partial charge is 0.491 e. The number of nitrogens with zero attached hydrogens (tertiary/aromatic N) is 1.